The molecule has 0 saturated carbocycles. The third kappa shape index (κ3) is 2.98. The van der Waals surface area contributed by atoms with Crippen LogP contribution in [0.3, 0.4) is 0 Å². The molecule has 3 atom stereocenters. The van der Waals surface area contributed by atoms with E-state index >= 15 is 0 Å². The standard InChI is InChI=1S/C10H11BrCl3NO3S/c1-9(2)5(8(17)18-3-10(12,13)14)15-6(16)4(11)7(15)19-9/h4-5,7H,3H2,1-2H3/t4?,5-,7+/m0/s1. The summed E-state index contributed by atoms with van der Waals surface area (Å²) in [4.78, 5) is 25.2. The Morgan fingerprint density at radius 3 is 2.63 bits per heavy atom. The van der Waals surface area contributed by atoms with Crippen molar-refractivity contribution in [3.8, 4) is 0 Å². The van der Waals surface area contributed by atoms with Gasteiger partial charge in [0.1, 0.15) is 22.8 Å². The molecule has 0 radical (unpaired) electrons. The first kappa shape index (κ1) is 16.0. The number of amides is 1. The van der Waals surface area contributed by atoms with Crippen LogP contribution in [-0.4, -0.2) is 48.2 Å². The molecule has 19 heavy (non-hydrogen) atoms. The van der Waals surface area contributed by atoms with Crippen molar-refractivity contribution in [2.75, 3.05) is 6.61 Å². The number of hydrogen-bond acceptors (Lipinski definition) is 4. The zero-order valence-corrected chi connectivity index (χ0v) is 14.7. The Morgan fingerprint density at radius 1 is 1.53 bits per heavy atom. The van der Waals surface area contributed by atoms with Crippen LogP contribution in [0.1, 0.15) is 13.8 Å². The Kier molecular flexibility index (Phi) is 4.32. The fourth-order valence-corrected chi connectivity index (χ4v) is 4.69. The predicted molar refractivity (Wildman–Crippen MR) is 80.1 cm³/mol. The number of β-lactam (4-membered cyclic amide) rings is 1. The highest BCUT2D eigenvalue weighted by Gasteiger charge is 2.63. The van der Waals surface area contributed by atoms with Gasteiger partial charge < -0.3 is 9.64 Å². The number of esters is 1. The van der Waals surface area contributed by atoms with E-state index in [1.165, 1.54) is 4.90 Å². The number of carbonyl (C=O) groups is 2. The number of alkyl halides is 4. The van der Waals surface area contributed by atoms with Gasteiger partial charge in [-0.15, -0.1) is 11.8 Å². The van der Waals surface area contributed by atoms with Gasteiger partial charge in [0.25, 0.3) is 0 Å². The van der Waals surface area contributed by atoms with Crippen LogP contribution in [0.15, 0.2) is 0 Å². The van der Waals surface area contributed by atoms with Gasteiger partial charge in [0, 0.05) is 4.75 Å². The third-order valence-electron chi connectivity index (χ3n) is 2.98. The fraction of sp³-hybridized carbons (Fsp3) is 0.800. The molecule has 0 aromatic heterocycles. The molecule has 0 aliphatic carbocycles. The smallest absolute Gasteiger partial charge is 0.330 e. The number of thioether (sulfide) groups is 1. The van der Waals surface area contributed by atoms with E-state index in [0.717, 1.165) is 0 Å². The van der Waals surface area contributed by atoms with E-state index < -0.39 is 20.6 Å². The molecule has 2 rings (SSSR count). The molecule has 1 amide bonds. The molecule has 0 bridgehead atoms. The van der Waals surface area contributed by atoms with E-state index in [4.69, 9.17) is 39.5 Å². The average molecular weight is 412 g/mol. The Hall–Kier alpha value is 0.640. The summed E-state index contributed by atoms with van der Waals surface area (Å²) in [6.07, 6.45) is 0. The molecule has 0 aromatic rings. The number of halogens is 4. The summed E-state index contributed by atoms with van der Waals surface area (Å²) in [6, 6.07) is -0.656. The molecule has 2 aliphatic heterocycles. The lowest BCUT2D eigenvalue weighted by Crippen LogP contribution is -2.63. The SMILES string of the molecule is CC1(C)S[C@@H]2C(Br)C(=O)N2[C@H]1C(=O)OCC(Cl)(Cl)Cl. The van der Waals surface area contributed by atoms with Crippen LogP contribution in [0.2, 0.25) is 0 Å². The molecule has 0 spiro atoms. The van der Waals surface area contributed by atoms with E-state index in [1.807, 2.05) is 13.8 Å². The van der Waals surface area contributed by atoms with Crippen LogP contribution in [0, 0.1) is 0 Å². The van der Waals surface area contributed by atoms with Crippen molar-refractivity contribution in [3.05, 3.63) is 0 Å². The second kappa shape index (κ2) is 5.13. The number of fused-ring (bicyclic) bond motifs is 1. The highest BCUT2D eigenvalue weighted by molar-refractivity contribution is 9.10. The maximum absolute atomic E-state index is 12.1. The van der Waals surface area contributed by atoms with E-state index in [9.17, 15) is 9.59 Å². The van der Waals surface area contributed by atoms with Gasteiger partial charge in [-0.25, -0.2) is 4.79 Å². The Morgan fingerprint density at radius 2 is 2.11 bits per heavy atom. The quantitative estimate of drug-likeness (QED) is 0.398. The lowest BCUT2D eigenvalue weighted by molar-refractivity contribution is -0.160. The molecule has 2 fully saturated rings. The first-order chi connectivity index (χ1) is 8.54. The maximum Gasteiger partial charge on any atom is 0.330 e. The summed E-state index contributed by atoms with van der Waals surface area (Å²) in [7, 11) is 0. The maximum atomic E-state index is 12.1. The number of carbonyl (C=O) groups excluding carboxylic acids is 2. The molecule has 4 nitrogen and oxygen atoms in total. The topological polar surface area (TPSA) is 46.6 Å². The van der Waals surface area contributed by atoms with Crippen molar-refractivity contribution in [3.63, 3.8) is 0 Å². The fourth-order valence-electron chi connectivity index (χ4n) is 2.18. The van der Waals surface area contributed by atoms with Crippen LogP contribution in [0.4, 0.5) is 0 Å². The zero-order valence-electron chi connectivity index (χ0n) is 10.0. The molecule has 0 aromatic carbocycles. The molecule has 108 valence electrons. The van der Waals surface area contributed by atoms with E-state index in [-0.39, 0.29) is 22.7 Å². The van der Waals surface area contributed by atoms with Crippen molar-refractivity contribution in [2.45, 2.75) is 38.6 Å². The Bertz CT molecular complexity index is 429. The van der Waals surface area contributed by atoms with Crippen LogP contribution < -0.4 is 0 Å². The molecule has 2 saturated heterocycles. The number of hydrogen-bond donors (Lipinski definition) is 0. The highest BCUT2D eigenvalue weighted by atomic mass is 79.9. The minimum atomic E-state index is -1.65. The van der Waals surface area contributed by atoms with Gasteiger partial charge in [-0.2, -0.15) is 0 Å². The molecule has 2 heterocycles. The van der Waals surface area contributed by atoms with Gasteiger partial charge in [0.05, 0.1) is 0 Å². The van der Waals surface area contributed by atoms with Gasteiger partial charge in [-0.05, 0) is 13.8 Å². The molecule has 2 aliphatic rings. The van der Waals surface area contributed by atoms with Crippen LogP contribution in [0.5, 0.6) is 0 Å². The van der Waals surface area contributed by atoms with Gasteiger partial charge in [0.2, 0.25) is 9.70 Å². The average Bonchev–Trinajstić information content (AvgIpc) is 2.53. The summed E-state index contributed by atoms with van der Waals surface area (Å²) in [5, 5.41) is -0.0483. The van der Waals surface area contributed by atoms with Gasteiger partial charge in [-0.1, -0.05) is 50.7 Å². The molecular weight excluding hydrogens is 400 g/mol. The third-order valence-corrected chi connectivity index (χ3v) is 6.12. The van der Waals surface area contributed by atoms with E-state index in [0.29, 0.717) is 0 Å². The zero-order chi connectivity index (χ0) is 14.6. The second-order valence-electron chi connectivity index (χ2n) is 4.88. The molecular formula is C10H11BrCl3NO3S. The summed E-state index contributed by atoms with van der Waals surface area (Å²) in [5.74, 6) is -0.655. The van der Waals surface area contributed by atoms with Crippen molar-refractivity contribution in [1.29, 1.82) is 0 Å². The van der Waals surface area contributed by atoms with Gasteiger partial charge >= 0.3 is 5.97 Å². The van der Waals surface area contributed by atoms with Crippen molar-refractivity contribution >= 4 is 74.4 Å². The predicted octanol–water partition coefficient (Wildman–Crippen LogP) is 2.73. The minimum Gasteiger partial charge on any atom is -0.460 e. The molecule has 9 heteroatoms. The van der Waals surface area contributed by atoms with Gasteiger partial charge in [0.15, 0.2) is 0 Å². The van der Waals surface area contributed by atoms with Crippen LogP contribution in [-0.2, 0) is 14.3 Å². The summed E-state index contributed by atoms with van der Waals surface area (Å²) >= 11 is 21.5. The monoisotopic (exact) mass is 409 g/mol. The number of nitrogens with zero attached hydrogens (tertiary/aromatic N) is 1. The van der Waals surface area contributed by atoms with Crippen molar-refractivity contribution in [1.82, 2.24) is 4.90 Å². The first-order valence-electron chi connectivity index (χ1n) is 5.42. The summed E-state index contributed by atoms with van der Waals surface area (Å²) in [5.41, 5.74) is 0. The van der Waals surface area contributed by atoms with E-state index in [2.05, 4.69) is 15.9 Å². The van der Waals surface area contributed by atoms with Crippen LogP contribution >= 0.6 is 62.5 Å². The lowest BCUT2D eigenvalue weighted by Gasteiger charge is -2.41. The molecule has 0 N–H and O–H groups in total. The van der Waals surface area contributed by atoms with Gasteiger partial charge in [-0.3, -0.25) is 4.79 Å². The Labute approximate surface area is 138 Å². The molecule has 1 unspecified atom stereocenters. The highest BCUT2D eigenvalue weighted by Crippen LogP contribution is 2.53. The number of rotatable bonds is 2. The second-order valence-corrected chi connectivity index (χ2v) is 10.2. The largest absolute Gasteiger partial charge is 0.460 e. The minimum absolute atomic E-state index is 0.0483. The summed E-state index contributed by atoms with van der Waals surface area (Å²) in [6.45, 7) is 3.45. The van der Waals surface area contributed by atoms with Crippen molar-refractivity contribution in [2.24, 2.45) is 0 Å². The van der Waals surface area contributed by atoms with Crippen LogP contribution in [0.25, 0.3) is 0 Å². The Balaban J connectivity index is 2.10. The number of ether oxygens (including phenoxy) is 1. The summed E-state index contributed by atoms with van der Waals surface area (Å²) < 4.78 is 2.92. The van der Waals surface area contributed by atoms with E-state index in [1.54, 1.807) is 11.8 Å². The first-order valence-corrected chi connectivity index (χ1v) is 8.35. The normalized spacial score (nSPS) is 32.8. The van der Waals surface area contributed by atoms with Crippen molar-refractivity contribution < 1.29 is 14.3 Å². The lowest BCUT2D eigenvalue weighted by atomic mass is 9.98.